The maximum absolute atomic E-state index is 12.2. The first kappa shape index (κ1) is 15.3. The van der Waals surface area contributed by atoms with Gasteiger partial charge < -0.3 is 4.74 Å². The average Bonchev–Trinajstić information content (AvgIpc) is 2.84. The zero-order valence-electron chi connectivity index (χ0n) is 11.0. The van der Waals surface area contributed by atoms with Crippen LogP contribution in [-0.2, 0) is 14.8 Å². The fraction of sp³-hybridized carbons (Fsp3) is 0.462. The minimum atomic E-state index is -3.71. The number of sulfonamides is 1. The zero-order chi connectivity index (χ0) is 14.8. The van der Waals surface area contributed by atoms with E-state index in [1.165, 1.54) is 18.2 Å². The lowest BCUT2D eigenvalue weighted by molar-refractivity contribution is 0.0250. The van der Waals surface area contributed by atoms with Gasteiger partial charge in [0.25, 0.3) is 0 Å². The van der Waals surface area contributed by atoms with E-state index in [2.05, 4.69) is 4.72 Å². The highest BCUT2D eigenvalue weighted by atomic mass is 35.5. The van der Waals surface area contributed by atoms with Gasteiger partial charge in [0, 0.05) is 13.2 Å². The van der Waals surface area contributed by atoms with Gasteiger partial charge in [-0.3, -0.25) is 0 Å². The third kappa shape index (κ3) is 3.30. The minimum absolute atomic E-state index is 0.0280. The third-order valence-electron chi connectivity index (χ3n) is 3.29. The van der Waals surface area contributed by atoms with Gasteiger partial charge in [-0.05, 0) is 38.0 Å². The van der Waals surface area contributed by atoms with Gasteiger partial charge in [0.05, 0.1) is 22.3 Å². The summed E-state index contributed by atoms with van der Waals surface area (Å²) in [6.45, 7) is 2.73. The van der Waals surface area contributed by atoms with Crippen molar-refractivity contribution < 1.29 is 13.2 Å². The Labute approximate surface area is 123 Å². The highest BCUT2D eigenvalue weighted by Gasteiger charge is 2.31. The summed E-state index contributed by atoms with van der Waals surface area (Å²) < 4.78 is 32.5. The molecule has 1 aromatic rings. The third-order valence-corrected chi connectivity index (χ3v) is 5.17. The molecule has 5 nitrogen and oxygen atoms in total. The van der Waals surface area contributed by atoms with Gasteiger partial charge in [-0.15, -0.1) is 0 Å². The molecule has 1 aliphatic rings. The predicted molar refractivity (Wildman–Crippen MR) is 74.9 cm³/mol. The molecule has 1 aromatic carbocycles. The number of rotatable bonds is 4. The van der Waals surface area contributed by atoms with Gasteiger partial charge in [-0.1, -0.05) is 11.6 Å². The Morgan fingerprint density at radius 2 is 2.30 bits per heavy atom. The van der Waals surface area contributed by atoms with Crippen molar-refractivity contribution in [3.05, 3.63) is 28.8 Å². The van der Waals surface area contributed by atoms with Gasteiger partial charge in [0.1, 0.15) is 4.90 Å². The summed E-state index contributed by atoms with van der Waals surface area (Å²) in [7, 11) is -3.71. The van der Waals surface area contributed by atoms with E-state index in [-0.39, 0.29) is 16.5 Å². The number of hydrogen-bond acceptors (Lipinski definition) is 4. The predicted octanol–water partition coefficient (Wildman–Crippen LogP) is 2.06. The van der Waals surface area contributed by atoms with Crippen molar-refractivity contribution in [3.8, 4) is 6.07 Å². The maximum Gasteiger partial charge on any atom is 0.242 e. The van der Waals surface area contributed by atoms with Crippen molar-refractivity contribution in [2.24, 2.45) is 0 Å². The first-order chi connectivity index (χ1) is 9.36. The van der Waals surface area contributed by atoms with Gasteiger partial charge in [-0.2, -0.15) is 5.26 Å². The summed E-state index contributed by atoms with van der Waals surface area (Å²) in [4.78, 5) is -0.0280. The second kappa shape index (κ2) is 5.70. The second-order valence-corrected chi connectivity index (χ2v) is 7.13. The number of benzene rings is 1. The summed E-state index contributed by atoms with van der Waals surface area (Å²) in [6, 6.07) is 6.01. The Hall–Kier alpha value is -1.13. The van der Waals surface area contributed by atoms with Crippen LogP contribution in [0.25, 0.3) is 0 Å². The lowest BCUT2D eigenvalue weighted by Gasteiger charge is -2.23. The van der Waals surface area contributed by atoms with E-state index in [0.29, 0.717) is 12.2 Å². The monoisotopic (exact) mass is 314 g/mol. The molecule has 0 radical (unpaired) electrons. The van der Waals surface area contributed by atoms with Crippen molar-refractivity contribution in [2.75, 3.05) is 13.2 Å². The molecule has 1 atom stereocenters. The second-order valence-electron chi connectivity index (χ2n) is 4.98. The van der Waals surface area contributed by atoms with Crippen LogP contribution in [0, 0.1) is 11.3 Å². The van der Waals surface area contributed by atoms with Crippen molar-refractivity contribution >= 4 is 21.6 Å². The summed E-state index contributed by atoms with van der Waals surface area (Å²) in [5.41, 5.74) is -0.147. The highest BCUT2D eigenvalue weighted by Crippen LogP contribution is 2.26. The fourth-order valence-electron chi connectivity index (χ4n) is 2.09. The van der Waals surface area contributed by atoms with Crippen LogP contribution in [0.3, 0.4) is 0 Å². The first-order valence-corrected chi connectivity index (χ1v) is 8.06. The van der Waals surface area contributed by atoms with Gasteiger partial charge in [0.2, 0.25) is 10.0 Å². The minimum Gasteiger partial charge on any atom is -0.374 e. The molecule has 2 rings (SSSR count). The number of nitrogens with zero attached hydrogens (tertiary/aromatic N) is 1. The molecular formula is C13H15ClN2O3S. The topological polar surface area (TPSA) is 79.2 Å². The van der Waals surface area contributed by atoms with E-state index in [1.807, 2.05) is 13.0 Å². The number of halogens is 1. The molecule has 1 unspecified atom stereocenters. The van der Waals surface area contributed by atoms with E-state index in [1.54, 1.807) is 0 Å². The van der Waals surface area contributed by atoms with Gasteiger partial charge in [0.15, 0.2) is 0 Å². The molecule has 0 amide bonds. The Kier molecular flexibility index (Phi) is 4.35. The fourth-order valence-corrected chi connectivity index (χ4v) is 3.79. The number of ether oxygens (including phenoxy) is 1. The molecule has 1 N–H and O–H groups in total. The molecule has 1 saturated heterocycles. The molecule has 108 valence electrons. The largest absolute Gasteiger partial charge is 0.374 e. The van der Waals surface area contributed by atoms with Crippen molar-refractivity contribution in [3.63, 3.8) is 0 Å². The number of nitrogens with one attached hydrogen (secondary N) is 1. The van der Waals surface area contributed by atoms with Crippen LogP contribution in [-0.4, -0.2) is 27.2 Å². The summed E-state index contributed by atoms with van der Waals surface area (Å²) >= 11 is 5.92. The molecule has 0 saturated carbocycles. The Bertz CT molecular complexity index is 646. The van der Waals surface area contributed by atoms with Gasteiger partial charge >= 0.3 is 0 Å². The molecule has 0 aromatic heterocycles. The van der Waals surface area contributed by atoms with Crippen LogP contribution in [0.15, 0.2) is 23.1 Å². The van der Waals surface area contributed by atoms with Crippen LogP contribution in [0.5, 0.6) is 0 Å². The molecule has 1 aliphatic heterocycles. The van der Waals surface area contributed by atoms with Crippen LogP contribution >= 0.6 is 11.6 Å². The number of hydrogen-bond donors (Lipinski definition) is 1. The molecule has 1 fully saturated rings. The lowest BCUT2D eigenvalue weighted by Crippen LogP contribution is -2.40. The maximum atomic E-state index is 12.2. The van der Waals surface area contributed by atoms with Crippen LogP contribution in [0.4, 0.5) is 0 Å². The Morgan fingerprint density at radius 3 is 2.85 bits per heavy atom. The molecule has 0 bridgehead atoms. The summed E-state index contributed by atoms with van der Waals surface area (Å²) in [5.74, 6) is 0. The average molecular weight is 315 g/mol. The lowest BCUT2D eigenvalue weighted by atomic mass is 10.0. The standard InChI is InChI=1S/C13H15ClN2O3S/c1-13(5-2-6-19-13)9-16-20(17,18)12-4-3-10(8-15)7-11(12)14/h3-4,7,16H,2,5-6,9H2,1H3. The smallest absolute Gasteiger partial charge is 0.242 e. The van der Waals surface area contributed by atoms with Gasteiger partial charge in [-0.25, -0.2) is 13.1 Å². The van der Waals surface area contributed by atoms with Crippen molar-refractivity contribution in [1.82, 2.24) is 4.72 Å². The summed E-state index contributed by atoms with van der Waals surface area (Å²) in [5, 5.41) is 8.78. The molecule has 7 heteroatoms. The van der Waals surface area contributed by atoms with Crippen LogP contribution in [0.1, 0.15) is 25.3 Å². The number of nitriles is 1. The molecule has 1 heterocycles. The highest BCUT2D eigenvalue weighted by molar-refractivity contribution is 7.89. The zero-order valence-corrected chi connectivity index (χ0v) is 12.6. The van der Waals surface area contributed by atoms with E-state index < -0.39 is 15.6 Å². The van der Waals surface area contributed by atoms with E-state index in [0.717, 1.165) is 12.8 Å². The van der Waals surface area contributed by atoms with E-state index in [9.17, 15) is 8.42 Å². The van der Waals surface area contributed by atoms with Crippen LogP contribution in [0.2, 0.25) is 5.02 Å². The first-order valence-electron chi connectivity index (χ1n) is 6.20. The van der Waals surface area contributed by atoms with Crippen molar-refractivity contribution in [2.45, 2.75) is 30.3 Å². The van der Waals surface area contributed by atoms with Crippen LogP contribution < -0.4 is 4.72 Å². The quantitative estimate of drug-likeness (QED) is 0.922. The molecule has 0 aliphatic carbocycles. The molecular weight excluding hydrogens is 300 g/mol. The van der Waals surface area contributed by atoms with Crippen molar-refractivity contribution in [1.29, 1.82) is 5.26 Å². The normalized spacial score (nSPS) is 22.6. The van der Waals surface area contributed by atoms with E-state index in [4.69, 9.17) is 21.6 Å². The molecule has 20 heavy (non-hydrogen) atoms. The SMILES string of the molecule is CC1(CNS(=O)(=O)c2ccc(C#N)cc2Cl)CCCO1. The Balaban J connectivity index is 2.16. The Morgan fingerprint density at radius 1 is 1.55 bits per heavy atom. The molecule has 0 spiro atoms. The van der Waals surface area contributed by atoms with E-state index >= 15 is 0 Å². The summed E-state index contributed by atoms with van der Waals surface area (Å²) in [6.07, 6.45) is 1.74.